The predicted molar refractivity (Wildman–Crippen MR) is 84.1 cm³/mol. The summed E-state index contributed by atoms with van der Waals surface area (Å²) in [6.45, 7) is 5.01. The molecular formula is C17H16BrFO2. The minimum atomic E-state index is -0.198. The van der Waals surface area contributed by atoms with Crippen molar-refractivity contribution in [1.82, 2.24) is 0 Å². The third-order valence-electron chi connectivity index (χ3n) is 3.67. The van der Waals surface area contributed by atoms with Gasteiger partial charge >= 0.3 is 0 Å². The first-order chi connectivity index (χ1) is 10.1. The highest BCUT2D eigenvalue weighted by Gasteiger charge is 2.19. The van der Waals surface area contributed by atoms with E-state index in [-0.39, 0.29) is 10.6 Å². The summed E-state index contributed by atoms with van der Waals surface area (Å²) in [5.41, 5.74) is 4.03. The molecule has 0 bridgehead atoms. The number of hydrogen-bond donors (Lipinski definition) is 0. The Hall–Kier alpha value is -1.55. The molecule has 0 saturated heterocycles. The molecule has 2 aromatic rings. The third-order valence-corrected chi connectivity index (χ3v) is 4.66. The molecule has 2 aromatic carbocycles. The number of halogens is 2. The highest BCUT2D eigenvalue weighted by atomic mass is 79.9. The lowest BCUT2D eigenvalue weighted by molar-refractivity contribution is 0.171. The Bertz CT molecular complexity index is 661. The summed E-state index contributed by atoms with van der Waals surface area (Å²) >= 11 is 3.73. The topological polar surface area (TPSA) is 18.5 Å². The number of benzene rings is 2. The Kier molecular flexibility index (Phi) is 3.89. The molecule has 3 rings (SSSR count). The largest absolute Gasteiger partial charge is 0.486 e. The Balaban J connectivity index is 2.01. The van der Waals surface area contributed by atoms with Crippen molar-refractivity contribution in [2.24, 2.45) is 0 Å². The maximum absolute atomic E-state index is 13.4. The molecule has 0 spiro atoms. The van der Waals surface area contributed by atoms with E-state index in [0.29, 0.717) is 13.2 Å². The normalized spacial score (nSPS) is 14.9. The summed E-state index contributed by atoms with van der Waals surface area (Å²) in [6, 6.07) is 9.04. The van der Waals surface area contributed by atoms with Crippen LogP contribution in [0.25, 0.3) is 0 Å². The summed E-state index contributed by atoms with van der Waals surface area (Å²) in [7, 11) is 0. The Labute approximate surface area is 132 Å². The maximum atomic E-state index is 13.4. The van der Waals surface area contributed by atoms with Gasteiger partial charge in [0.15, 0.2) is 11.5 Å². The lowest BCUT2D eigenvalue weighted by Gasteiger charge is -2.21. The van der Waals surface area contributed by atoms with E-state index in [0.717, 1.165) is 33.8 Å². The molecule has 0 fully saturated rings. The van der Waals surface area contributed by atoms with E-state index in [9.17, 15) is 4.39 Å². The molecule has 4 heteroatoms. The van der Waals surface area contributed by atoms with Crippen LogP contribution in [0.3, 0.4) is 0 Å². The number of alkyl halides is 1. The zero-order valence-electron chi connectivity index (χ0n) is 12.0. The molecule has 0 amide bonds. The summed E-state index contributed by atoms with van der Waals surface area (Å²) in [5.74, 6) is 1.34. The van der Waals surface area contributed by atoms with Gasteiger partial charge in [-0.2, -0.15) is 0 Å². The first-order valence-corrected chi connectivity index (χ1v) is 7.78. The van der Waals surface area contributed by atoms with Crippen LogP contribution in [0, 0.1) is 19.7 Å². The zero-order valence-corrected chi connectivity index (χ0v) is 13.5. The number of fused-ring (bicyclic) bond motifs is 1. The maximum Gasteiger partial charge on any atom is 0.161 e. The lowest BCUT2D eigenvalue weighted by atomic mass is 9.95. The second kappa shape index (κ2) is 5.68. The van der Waals surface area contributed by atoms with E-state index in [2.05, 4.69) is 15.9 Å². The van der Waals surface area contributed by atoms with Crippen molar-refractivity contribution in [1.29, 1.82) is 0 Å². The molecule has 1 atom stereocenters. The van der Waals surface area contributed by atoms with E-state index in [1.54, 1.807) is 12.1 Å². The second-order valence-corrected chi connectivity index (χ2v) is 6.13. The van der Waals surface area contributed by atoms with Crippen molar-refractivity contribution in [3.05, 3.63) is 58.4 Å². The summed E-state index contributed by atoms with van der Waals surface area (Å²) in [5, 5.41) is 0. The molecule has 21 heavy (non-hydrogen) atoms. The molecule has 0 radical (unpaired) electrons. The lowest BCUT2D eigenvalue weighted by Crippen LogP contribution is -2.15. The fourth-order valence-electron chi connectivity index (χ4n) is 2.71. The van der Waals surface area contributed by atoms with Gasteiger partial charge in [0, 0.05) is 0 Å². The van der Waals surface area contributed by atoms with Crippen molar-refractivity contribution in [2.45, 2.75) is 18.7 Å². The molecule has 0 N–H and O–H groups in total. The van der Waals surface area contributed by atoms with Gasteiger partial charge in [0.25, 0.3) is 0 Å². The molecule has 0 aliphatic carbocycles. The molecule has 1 heterocycles. The van der Waals surface area contributed by atoms with Crippen LogP contribution in [0.15, 0.2) is 30.3 Å². The van der Waals surface area contributed by atoms with Crippen molar-refractivity contribution in [2.75, 3.05) is 13.2 Å². The van der Waals surface area contributed by atoms with Gasteiger partial charge < -0.3 is 9.47 Å². The van der Waals surface area contributed by atoms with Crippen LogP contribution in [-0.4, -0.2) is 13.2 Å². The first-order valence-electron chi connectivity index (χ1n) is 6.86. The zero-order chi connectivity index (χ0) is 15.0. The molecular weight excluding hydrogens is 335 g/mol. The van der Waals surface area contributed by atoms with E-state index in [1.807, 2.05) is 32.0 Å². The smallest absolute Gasteiger partial charge is 0.161 e. The summed E-state index contributed by atoms with van der Waals surface area (Å²) in [4.78, 5) is -0.00562. The minimum absolute atomic E-state index is 0.00562. The molecule has 1 unspecified atom stereocenters. The van der Waals surface area contributed by atoms with Crippen molar-refractivity contribution in [3.8, 4) is 11.5 Å². The summed E-state index contributed by atoms with van der Waals surface area (Å²) < 4.78 is 24.6. The van der Waals surface area contributed by atoms with Crippen LogP contribution in [0.4, 0.5) is 4.39 Å². The van der Waals surface area contributed by atoms with Crippen LogP contribution in [-0.2, 0) is 0 Å². The number of ether oxygens (including phenoxy) is 2. The minimum Gasteiger partial charge on any atom is -0.486 e. The first kappa shape index (κ1) is 14.4. The van der Waals surface area contributed by atoms with Crippen LogP contribution in [0.1, 0.15) is 27.1 Å². The molecule has 0 saturated carbocycles. The van der Waals surface area contributed by atoms with E-state index in [1.165, 1.54) is 0 Å². The number of hydrogen-bond acceptors (Lipinski definition) is 2. The molecule has 1 aliphatic rings. The van der Waals surface area contributed by atoms with Crippen molar-refractivity contribution >= 4 is 15.9 Å². The molecule has 2 nitrogen and oxygen atoms in total. The SMILES string of the molecule is Cc1cc(F)cc(C)c1C(Br)c1ccc2c(c1)OCCO2. The van der Waals surface area contributed by atoms with Crippen LogP contribution < -0.4 is 9.47 Å². The van der Waals surface area contributed by atoms with Gasteiger partial charge in [-0.25, -0.2) is 4.39 Å². The third kappa shape index (κ3) is 2.77. The fourth-order valence-corrected chi connectivity index (χ4v) is 3.71. The van der Waals surface area contributed by atoms with Crippen molar-refractivity contribution in [3.63, 3.8) is 0 Å². The molecule has 0 aromatic heterocycles. The standard InChI is InChI=1S/C17H16BrFO2/c1-10-7-13(19)8-11(2)16(10)17(18)12-3-4-14-15(9-12)21-6-5-20-14/h3-4,7-9,17H,5-6H2,1-2H3. The fraction of sp³-hybridized carbons (Fsp3) is 0.294. The number of rotatable bonds is 2. The monoisotopic (exact) mass is 350 g/mol. The average molecular weight is 351 g/mol. The second-order valence-electron chi connectivity index (χ2n) is 5.22. The highest BCUT2D eigenvalue weighted by molar-refractivity contribution is 9.09. The van der Waals surface area contributed by atoms with Crippen molar-refractivity contribution < 1.29 is 13.9 Å². The van der Waals surface area contributed by atoms with E-state index >= 15 is 0 Å². The van der Waals surface area contributed by atoms with Crippen LogP contribution in [0.2, 0.25) is 0 Å². The quantitative estimate of drug-likeness (QED) is 0.731. The van der Waals surface area contributed by atoms with Gasteiger partial charge in [-0.15, -0.1) is 0 Å². The van der Waals surface area contributed by atoms with Crippen LogP contribution in [0.5, 0.6) is 11.5 Å². The van der Waals surface area contributed by atoms with Gasteiger partial charge in [0.05, 0.1) is 4.83 Å². The highest BCUT2D eigenvalue weighted by Crippen LogP contribution is 2.39. The van der Waals surface area contributed by atoms with Gasteiger partial charge in [-0.05, 0) is 60.4 Å². The molecule has 110 valence electrons. The van der Waals surface area contributed by atoms with Gasteiger partial charge in [-0.1, -0.05) is 22.0 Å². The van der Waals surface area contributed by atoms with Gasteiger partial charge in [0.2, 0.25) is 0 Å². The Morgan fingerprint density at radius 1 is 1.00 bits per heavy atom. The summed E-state index contributed by atoms with van der Waals surface area (Å²) in [6.07, 6.45) is 0. The average Bonchev–Trinajstić information content (AvgIpc) is 2.45. The number of aryl methyl sites for hydroxylation is 2. The van der Waals surface area contributed by atoms with Crippen LogP contribution >= 0.6 is 15.9 Å². The Morgan fingerprint density at radius 3 is 2.29 bits per heavy atom. The van der Waals surface area contributed by atoms with Gasteiger partial charge in [0.1, 0.15) is 19.0 Å². The van der Waals surface area contributed by atoms with E-state index in [4.69, 9.17) is 9.47 Å². The van der Waals surface area contributed by atoms with Gasteiger partial charge in [-0.3, -0.25) is 0 Å². The predicted octanol–water partition coefficient (Wildman–Crippen LogP) is 4.70. The molecule has 1 aliphatic heterocycles. The Morgan fingerprint density at radius 2 is 1.62 bits per heavy atom. The van der Waals surface area contributed by atoms with E-state index < -0.39 is 0 Å².